The lowest BCUT2D eigenvalue weighted by molar-refractivity contribution is 0.0780. The minimum absolute atomic E-state index is 0.108. The van der Waals surface area contributed by atoms with Crippen LogP contribution in [0, 0.1) is 6.92 Å². The molecule has 5 nitrogen and oxygen atoms in total. The molecule has 0 atom stereocenters. The van der Waals surface area contributed by atoms with E-state index >= 15 is 0 Å². The molecule has 5 heteroatoms. The van der Waals surface area contributed by atoms with Crippen molar-refractivity contribution in [3.05, 3.63) is 29.6 Å². The van der Waals surface area contributed by atoms with Crippen LogP contribution in [0.1, 0.15) is 29.0 Å². The third-order valence-electron chi connectivity index (χ3n) is 3.19. The van der Waals surface area contributed by atoms with Crippen LogP contribution in [-0.4, -0.2) is 39.1 Å². The number of fused-ring (bicyclic) bond motifs is 1. The minimum Gasteiger partial charge on any atom is -0.336 e. The molecule has 2 heterocycles. The molecule has 92 valence electrons. The number of carbonyl (C=O) groups excluding carboxylic acids is 1. The van der Waals surface area contributed by atoms with Crippen LogP contribution in [0.3, 0.4) is 0 Å². The third-order valence-corrected chi connectivity index (χ3v) is 3.19. The summed E-state index contributed by atoms with van der Waals surface area (Å²) in [7, 11) is 0. The number of benzene rings is 1. The van der Waals surface area contributed by atoms with Gasteiger partial charge < -0.3 is 4.90 Å². The van der Waals surface area contributed by atoms with Gasteiger partial charge in [0.25, 0.3) is 5.91 Å². The molecular formula is C13H14N4O. The quantitative estimate of drug-likeness (QED) is 0.761. The zero-order valence-corrected chi connectivity index (χ0v) is 10.3. The predicted octanol–water partition coefficient (Wildman–Crippen LogP) is 1.57. The van der Waals surface area contributed by atoms with Crippen LogP contribution >= 0.6 is 0 Å². The summed E-state index contributed by atoms with van der Waals surface area (Å²) in [5.74, 6) is 0.0957. The number of aryl methyl sites for hydroxylation is 1. The summed E-state index contributed by atoms with van der Waals surface area (Å²) in [6.07, 6.45) is 2.12. The van der Waals surface area contributed by atoms with Crippen molar-refractivity contribution in [2.75, 3.05) is 13.1 Å². The summed E-state index contributed by atoms with van der Waals surface area (Å²) in [6.45, 7) is 3.59. The highest BCUT2D eigenvalue weighted by molar-refractivity contribution is 5.92. The van der Waals surface area contributed by atoms with E-state index in [9.17, 15) is 4.79 Å². The molecule has 0 bridgehead atoms. The molecule has 0 unspecified atom stereocenters. The van der Waals surface area contributed by atoms with Crippen molar-refractivity contribution < 1.29 is 4.79 Å². The molecule has 1 aliphatic heterocycles. The van der Waals surface area contributed by atoms with Crippen molar-refractivity contribution >= 4 is 16.9 Å². The van der Waals surface area contributed by atoms with Crippen LogP contribution in [0.25, 0.3) is 11.0 Å². The Balaban J connectivity index is 1.99. The lowest BCUT2D eigenvalue weighted by atomic mass is 10.2. The van der Waals surface area contributed by atoms with Gasteiger partial charge >= 0.3 is 0 Å². The molecule has 0 N–H and O–H groups in total. The van der Waals surface area contributed by atoms with Gasteiger partial charge in [-0.2, -0.15) is 0 Å². The normalized spacial score (nSPS) is 15.3. The van der Waals surface area contributed by atoms with Crippen molar-refractivity contribution in [2.45, 2.75) is 19.8 Å². The number of hydrogen-bond acceptors (Lipinski definition) is 4. The Morgan fingerprint density at radius 1 is 1.17 bits per heavy atom. The largest absolute Gasteiger partial charge is 0.336 e. The van der Waals surface area contributed by atoms with E-state index < -0.39 is 0 Å². The average molecular weight is 242 g/mol. The van der Waals surface area contributed by atoms with Crippen molar-refractivity contribution in [3.63, 3.8) is 0 Å². The Morgan fingerprint density at radius 3 is 2.72 bits per heavy atom. The Hall–Kier alpha value is -2.04. The summed E-state index contributed by atoms with van der Waals surface area (Å²) in [5.41, 5.74) is 2.55. The standard InChI is InChI=1S/C13H14N4O/c1-9-4-5-10-11(8-9)14-12(16-15-10)13(18)17-6-2-3-7-17/h4-5,8H,2-3,6-7H2,1H3. The van der Waals surface area contributed by atoms with Crippen LogP contribution in [0.15, 0.2) is 18.2 Å². The topological polar surface area (TPSA) is 59.0 Å². The SMILES string of the molecule is Cc1ccc2nnc(C(=O)N3CCCC3)nc2c1. The van der Waals surface area contributed by atoms with E-state index in [2.05, 4.69) is 15.2 Å². The van der Waals surface area contributed by atoms with Crippen LogP contribution in [0.4, 0.5) is 0 Å². The van der Waals surface area contributed by atoms with E-state index in [0.29, 0.717) is 0 Å². The number of nitrogens with zero attached hydrogens (tertiary/aromatic N) is 4. The Labute approximate surface area is 105 Å². The molecule has 1 amide bonds. The van der Waals surface area contributed by atoms with Gasteiger partial charge in [0, 0.05) is 13.1 Å². The first-order valence-corrected chi connectivity index (χ1v) is 6.14. The summed E-state index contributed by atoms with van der Waals surface area (Å²) in [4.78, 5) is 18.2. The van der Waals surface area contributed by atoms with Crippen molar-refractivity contribution in [1.29, 1.82) is 0 Å². The molecule has 18 heavy (non-hydrogen) atoms. The fourth-order valence-corrected chi connectivity index (χ4v) is 2.20. The Morgan fingerprint density at radius 2 is 1.94 bits per heavy atom. The van der Waals surface area contributed by atoms with Crippen molar-refractivity contribution in [1.82, 2.24) is 20.1 Å². The Kier molecular flexibility index (Phi) is 2.66. The van der Waals surface area contributed by atoms with E-state index in [1.165, 1.54) is 0 Å². The molecular weight excluding hydrogens is 228 g/mol. The van der Waals surface area contributed by atoms with Gasteiger partial charge in [0.2, 0.25) is 5.82 Å². The summed E-state index contributed by atoms with van der Waals surface area (Å²) in [5, 5.41) is 7.98. The molecule has 2 aromatic rings. The van der Waals surface area contributed by atoms with Gasteiger partial charge in [-0.3, -0.25) is 4.79 Å². The van der Waals surface area contributed by atoms with Crippen LogP contribution in [0.2, 0.25) is 0 Å². The molecule has 1 aromatic heterocycles. The summed E-state index contributed by atoms with van der Waals surface area (Å²) < 4.78 is 0. The van der Waals surface area contributed by atoms with Gasteiger partial charge in [-0.05, 0) is 37.5 Å². The first kappa shape index (κ1) is 11.1. The molecule has 1 aromatic carbocycles. The first-order chi connectivity index (χ1) is 8.74. The molecule has 1 fully saturated rings. The number of amides is 1. The van der Waals surface area contributed by atoms with Gasteiger partial charge in [0.1, 0.15) is 5.52 Å². The first-order valence-electron chi connectivity index (χ1n) is 6.14. The maximum absolute atomic E-state index is 12.1. The zero-order chi connectivity index (χ0) is 12.5. The lowest BCUT2D eigenvalue weighted by Crippen LogP contribution is -2.29. The minimum atomic E-state index is -0.108. The van der Waals surface area contributed by atoms with Gasteiger partial charge in [-0.15, -0.1) is 10.2 Å². The number of aromatic nitrogens is 3. The monoisotopic (exact) mass is 242 g/mol. The van der Waals surface area contributed by atoms with E-state index in [1.54, 1.807) is 4.90 Å². The van der Waals surface area contributed by atoms with Gasteiger partial charge in [0.05, 0.1) is 5.52 Å². The van der Waals surface area contributed by atoms with Crippen molar-refractivity contribution in [3.8, 4) is 0 Å². The van der Waals surface area contributed by atoms with E-state index in [4.69, 9.17) is 0 Å². The molecule has 1 saturated heterocycles. The molecule has 3 rings (SSSR count). The Bertz CT molecular complexity index is 605. The number of hydrogen-bond donors (Lipinski definition) is 0. The fraction of sp³-hybridized carbons (Fsp3) is 0.385. The summed E-state index contributed by atoms with van der Waals surface area (Å²) >= 11 is 0. The highest BCUT2D eigenvalue weighted by Gasteiger charge is 2.22. The maximum atomic E-state index is 12.1. The van der Waals surface area contributed by atoms with Gasteiger partial charge in [-0.1, -0.05) is 6.07 Å². The van der Waals surface area contributed by atoms with Crippen LogP contribution < -0.4 is 0 Å². The van der Waals surface area contributed by atoms with Crippen molar-refractivity contribution in [2.24, 2.45) is 0 Å². The van der Waals surface area contributed by atoms with Gasteiger partial charge in [-0.25, -0.2) is 4.98 Å². The molecule has 0 radical (unpaired) electrons. The lowest BCUT2D eigenvalue weighted by Gasteiger charge is -2.13. The second kappa shape index (κ2) is 4.33. The van der Waals surface area contributed by atoms with Crippen LogP contribution in [0.5, 0.6) is 0 Å². The number of rotatable bonds is 1. The van der Waals surface area contributed by atoms with Crippen LogP contribution in [-0.2, 0) is 0 Å². The molecule has 1 aliphatic rings. The third kappa shape index (κ3) is 1.92. The zero-order valence-electron chi connectivity index (χ0n) is 10.3. The van der Waals surface area contributed by atoms with Gasteiger partial charge in [0.15, 0.2) is 0 Å². The average Bonchev–Trinajstić information content (AvgIpc) is 2.90. The second-order valence-electron chi connectivity index (χ2n) is 4.63. The van der Waals surface area contributed by atoms with E-state index in [0.717, 1.165) is 42.5 Å². The summed E-state index contributed by atoms with van der Waals surface area (Å²) in [6, 6.07) is 5.75. The highest BCUT2D eigenvalue weighted by Crippen LogP contribution is 2.13. The molecule has 0 aliphatic carbocycles. The smallest absolute Gasteiger partial charge is 0.293 e. The highest BCUT2D eigenvalue weighted by atomic mass is 16.2. The number of likely N-dealkylation sites (tertiary alicyclic amines) is 1. The van der Waals surface area contributed by atoms with E-state index in [-0.39, 0.29) is 11.7 Å². The second-order valence-corrected chi connectivity index (χ2v) is 4.63. The number of carbonyl (C=O) groups is 1. The molecule has 0 saturated carbocycles. The molecule has 0 spiro atoms. The predicted molar refractivity (Wildman–Crippen MR) is 67.2 cm³/mol. The maximum Gasteiger partial charge on any atom is 0.293 e. The van der Waals surface area contributed by atoms with E-state index in [1.807, 2.05) is 25.1 Å². The fourth-order valence-electron chi connectivity index (χ4n) is 2.20.